The van der Waals surface area contributed by atoms with Gasteiger partial charge >= 0.3 is 7.82 Å². The number of hydrazine groups is 1. The number of hydrogen-bond acceptors (Lipinski definition) is 7. The normalized spacial score (nSPS) is 18.5. The van der Waals surface area contributed by atoms with Gasteiger partial charge in [-0.05, 0) is 47.4 Å². The monoisotopic (exact) mass is 695 g/mol. The van der Waals surface area contributed by atoms with E-state index in [9.17, 15) is 28.7 Å². The molecule has 3 amide bonds. The number of nitrogens with zero attached hydrogens (tertiary/aromatic N) is 5. The summed E-state index contributed by atoms with van der Waals surface area (Å²) < 4.78 is 16.0. The summed E-state index contributed by atoms with van der Waals surface area (Å²) in [6.07, 6.45) is 1.66. The highest BCUT2D eigenvalue weighted by Gasteiger charge is 2.51. The molecule has 0 aliphatic carbocycles. The minimum Gasteiger partial charge on any atom is -0.404 e. The zero-order valence-electron chi connectivity index (χ0n) is 26.8. The molecule has 0 spiro atoms. The van der Waals surface area contributed by atoms with E-state index >= 15 is 0 Å². The van der Waals surface area contributed by atoms with E-state index in [-0.39, 0.29) is 62.5 Å². The number of piperazine rings is 1. The van der Waals surface area contributed by atoms with Crippen LogP contribution in [0.2, 0.25) is 5.02 Å². The number of aryl methyl sites for hydroxylation is 1. The molecule has 0 saturated carbocycles. The lowest BCUT2D eigenvalue weighted by molar-refractivity contribution is -0.205. The van der Waals surface area contributed by atoms with Gasteiger partial charge in [-0.15, -0.1) is 6.58 Å². The van der Waals surface area contributed by atoms with Gasteiger partial charge in [-0.25, -0.2) is 14.6 Å². The Labute approximate surface area is 284 Å². The summed E-state index contributed by atoms with van der Waals surface area (Å²) in [4.78, 5) is 65.6. The zero-order valence-corrected chi connectivity index (χ0v) is 28.5. The molecule has 3 aromatic rings. The van der Waals surface area contributed by atoms with Crippen molar-refractivity contribution >= 4 is 42.8 Å². The van der Waals surface area contributed by atoms with Crippen LogP contribution in [0.3, 0.4) is 0 Å². The Hall–Kier alpha value is -4.19. The van der Waals surface area contributed by atoms with Crippen LogP contribution in [0.25, 0.3) is 0 Å². The minimum absolute atomic E-state index is 0.0368. The molecule has 3 aromatic carbocycles. The van der Waals surface area contributed by atoms with Crippen molar-refractivity contribution in [2.45, 2.75) is 38.0 Å². The van der Waals surface area contributed by atoms with Crippen LogP contribution in [0.5, 0.6) is 5.75 Å². The van der Waals surface area contributed by atoms with Crippen LogP contribution in [-0.2, 0) is 38.3 Å². The van der Waals surface area contributed by atoms with E-state index in [2.05, 4.69) is 11.1 Å². The average Bonchev–Trinajstić information content (AvgIpc) is 3.03. The van der Waals surface area contributed by atoms with Crippen molar-refractivity contribution in [3.8, 4) is 5.75 Å². The molecule has 0 bridgehead atoms. The fraction of sp³-hybridized carbons (Fsp3) is 0.324. The van der Waals surface area contributed by atoms with Crippen LogP contribution in [0.1, 0.15) is 23.1 Å². The van der Waals surface area contributed by atoms with E-state index in [1.165, 1.54) is 17.0 Å². The number of phosphoric ester groups is 1. The third-order valence-electron chi connectivity index (χ3n) is 8.34. The highest BCUT2D eigenvalue weighted by molar-refractivity contribution is 7.46. The molecule has 2 aliphatic heterocycles. The van der Waals surface area contributed by atoms with Gasteiger partial charge < -0.3 is 19.2 Å². The molecule has 12 nitrogen and oxygen atoms in total. The van der Waals surface area contributed by atoms with Crippen LogP contribution < -0.4 is 9.42 Å². The Morgan fingerprint density at radius 1 is 1.04 bits per heavy atom. The molecule has 2 aliphatic rings. The lowest BCUT2D eigenvalue weighted by atomic mass is 9.98. The smallest absolute Gasteiger partial charge is 0.404 e. The van der Waals surface area contributed by atoms with Gasteiger partial charge in [0.1, 0.15) is 18.0 Å². The maximum absolute atomic E-state index is 14.3. The molecule has 48 heavy (non-hydrogen) atoms. The molecule has 5 rings (SSSR count). The molecule has 2 N–H and O–H groups in total. The minimum atomic E-state index is -4.76. The van der Waals surface area contributed by atoms with Crippen molar-refractivity contribution in [1.29, 1.82) is 0 Å². The summed E-state index contributed by atoms with van der Waals surface area (Å²) in [6, 6.07) is 20.2. The molecule has 0 aromatic heterocycles. The molecule has 2 heterocycles. The van der Waals surface area contributed by atoms with Gasteiger partial charge in [0, 0.05) is 40.0 Å². The van der Waals surface area contributed by atoms with E-state index in [1.807, 2.05) is 61.5 Å². The molecule has 2 atom stereocenters. The Balaban J connectivity index is 1.50. The van der Waals surface area contributed by atoms with Gasteiger partial charge in [-0.3, -0.25) is 24.2 Å². The standard InChI is InChI=1S/C34H39ClN5O7P/c1-4-18-38-23-33(42)39-30(19-25-10-14-27(15-11-25)47-48(44,45)46)34(43)37(21-26-12-16-28(35)29(20-26)36(2)3)22-31(39)40(38)32(41)17-13-24-8-6-5-7-9-24/h4-12,14-16,20,30-31H,1,13,17-19,21-23H2,2-3H3,(H2,44,45,46)/t30-,31+/m1/s1. The second kappa shape index (κ2) is 14.9. The zero-order chi connectivity index (χ0) is 34.6. The summed E-state index contributed by atoms with van der Waals surface area (Å²) in [5.74, 6) is -0.804. The van der Waals surface area contributed by atoms with Crippen molar-refractivity contribution in [2.75, 3.05) is 38.6 Å². The summed E-state index contributed by atoms with van der Waals surface area (Å²) >= 11 is 6.43. The molecule has 14 heteroatoms. The van der Waals surface area contributed by atoms with Crippen molar-refractivity contribution < 1.29 is 33.3 Å². The fourth-order valence-corrected chi connectivity index (χ4v) is 6.86. The number of fused-ring (bicyclic) bond motifs is 1. The topological polar surface area (TPSA) is 134 Å². The molecule has 2 fully saturated rings. The van der Waals surface area contributed by atoms with Crippen molar-refractivity contribution in [1.82, 2.24) is 19.8 Å². The summed E-state index contributed by atoms with van der Waals surface area (Å²) in [5.41, 5.74) is 3.26. The van der Waals surface area contributed by atoms with Crippen LogP contribution in [0.15, 0.2) is 85.5 Å². The second-order valence-corrected chi connectivity index (χ2v) is 13.6. The van der Waals surface area contributed by atoms with Gasteiger partial charge in [0.2, 0.25) is 17.7 Å². The number of halogens is 1. The summed E-state index contributed by atoms with van der Waals surface area (Å²) in [7, 11) is -1.00. The first-order valence-electron chi connectivity index (χ1n) is 15.5. The van der Waals surface area contributed by atoms with E-state index in [4.69, 9.17) is 11.6 Å². The SMILES string of the molecule is C=CCN1CC(=O)N2[C@H](Cc3ccc(OP(=O)(O)O)cc3)C(=O)N(Cc3ccc(Cl)c(N(C)C)c3)C[C@@H]2N1C(=O)CCc1ccccc1. The Morgan fingerprint density at radius 3 is 2.38 bits per heavy atom. The maximum Gasteiger partial charge on any atom is 0.524 e. The van der Waals surface area contributed by atoms with Crippen molar-refractivity contribution in [3.05, 3.63) is 107 Å². The van der Waals surface area contributed by atoms with Gasteiger partial charge in [-0.1, -0.05) is 66.2 Å². The molecule has 2 saturated heterocycles. The number of amides is 3. The number of phosphoric acid groups is 1. The predicted octanol–water partition coefficient (Wildman–Crippen LogP) is 3.86. The largest absolute Gasteiger partial charge is 0.524 e. The third-order valence-corrected chi connectivity index (χ3v) is 9.11. The molecular weight excluding hydrogens is 657 g/mol. The third kappa shape index (κ3) is 8.26. The van der Waals surface area contributed by atoms with E-state index in [0.29, 0.717) is 17.0 Å². The van der Waals surface area contributed by atoms with Gasteiger partial charge in [0.05, 0.1) is 23.8 Å². The molecule has 254 valence electrons. The highest BCUT2D eigenvalue weighted by atomic mass is 35.5. The first-order chi connectivity index (χ1) is 22.8. The molecule has 0 unspecified atom stereocenters. The first kappa shape index (κ1) is 35.1. The van der Waals surface area contributed by atoms with Crippen LogP contribution >= 0.6 is 19.4 Å². The van der Waals surface area contributed by atoms with E-state index in [1.54, 1.807) is 39.2 Å². The maximum atomic E-state index is 14.3. The van der Waals surface area contributed by atoms with Crippen molar-refractivity contribution in [2.24, 2.45) is 0 Å². The van der Waals surface area contributed by atoms with Gasteiger partial charge in [0.15, 0.2) is 0 Å². The Morgan fingerprint density at radius 2 is 1.73 bits per heavy atom. The lowest BCUT2D eigenvalue weighted by Crippen LogP contribution is -2.75. The lowest BCUT2D eigenvalue weighted by Gasteiger charge is -2.55. The van der Waals surface area contributed by atoms with Gasteiger partial charge in [0.25, 0.3) is 0 Å². The molecule has 0 radical (unpaired) electrons. The second-order valence-electron chi connectivity index (χ2n) is 12.0. The quantitative estimate of drug-likeness (QED) is 0.214. The Kier molecular flexibility index (Phi) is 10.9. The summed E-state index contributed by atoms with van der Waals surface area (Å²) in [6.45, 7) is 4.29. The Bertz CT molecular complexity index is 1700. The molecular formula is C34H39ClN5O7P. The van der Waals surface area contributed by atoms with Gasteiger partial charge in [-0.2, -0.15) is 0 Å². The number of carbonyl (C=O) groups is 3. The van der Waals surface area contributed by atoms with Crippen LogP contribution in [0.4, 0.5) is 5.69 Å². The van der Waals surface area contributed by atoms with Crippen LogP contribution in [0, 0.1) is 0 Å². The average molecular weight is 696 g/mol. The van der Waals surface area contributed by atoms with E-state index in [0.717, 1.165) is 16.8 Å². The predicted molar refractivity (Wildman–Crippen MR) is 182 cm³/mol. The number of carbonyl (C=O) groups excluding carboxylic acids is 3. The number of hydrogen-bond donors (Lipinski definition) is 2. The highest BCUT2D eigenvalue weighted by Crippen LogP contribution is 2.38. The number of anilines is 1. The van der Waals surface area contributed by atoms with Crippen molar-refractivity contribution in [3.63, 3.8) is 0 Å². The number of benzene rings is 3. The first-order valence-corrected chi connectivity index (χ1v) is 17.4. The fourth-order valence-electron chi connectivity index (χ4n) is 6.18. The summed E-state index contributed by atoms with van der Waals surface area (Å²) in [5, 5.41) is 3.87. The van der Waals surface area contributed by atoms with Crippen LogP contribution in [-0.4, -0.2) is 93.3 Å². The number of rotatable bonds is 12. The van der Waals surface area contributed by atoms with E-state index < -0.39 is 20.0 Å².